The van der Waals surface area contributed by atoms with Crippen LogP contribution in [0, 0.1) is 0 Å². The number of likely N-dealkylation sites (tertiary alicyclic amines) is 1. The Labute approximate surface area is 193 Å². The van der Waals surface area contributed by atoms with Crippen LogP contribution >= 0.6 is 24.0 Å². The van der Waals surface area contributed by atoms with Crippen LogP contribution < -0.4 is 10.6 Å². The van der Waals surface area contributed by atoms with Crippen molar-refractivity contribution < 1.29 is 4.74 Å². The van der Waals surface area contributed by atoms with Crippen LogP contribution in [-0.2, 0) is 4.74 Å². The van der Waals surface area contributed by atoms with Crippen molar-refractivity contribution >= 4 is 29.9 Å². The van der Waals surface area contributed by atoms with E-state index in [2.05, 4.69) is 69.9 Å². The number of ether oxygens (including phenoxy) is 1. The molecule has 2 heterocycles. The molecule has 1 aromatic rings. The van der Waals surface area contributed by atoms with E-state index in [-0.39, 0.29) is 29.5 Å². The number of likely N-dealkylation sites (N-methyl/N-ethyl adjacent to an activating group) is 1. The third-order valence-corrected chi connectivity index (χ3v) is 6.41. The highest BCUT2D eigenvalue weighted by Gasteiger charge is 2.35. The molecule has 29 heavy (non-hydrogen) atoms. The lowest BCUT2D eigenvalue weighted by atomic mass is 9.88. The fourth-order valence-electron chi connectivity index (χ4n) is 4.38. The summed E-state index contributed by atoms with van der Waals surface area (Å²) in [5.74, 6) is 0.882. The molecule has 3 rings (SSSR count). The number of halogens is 1. The third kappa shape index (κ3) is 6.54. The lowest BCUT2D eigenvalue weighted by Gasteiger charge is -2.43. The quantitative estimate of drug-likeness (QED) is 0.333. The molecule has 164 valence electrons. The summed E-state index contributed by atoms with van der Waals surface area (Å²) in [5, 5.41) is 7.17. The number of hydrogen-bond acceptors (Lipinski definition) is 4. The summed E-state index contributed by atoms with van der Waals surface area (Å²) in [7, 11) is 6.19. The summed E-state index contributed by atoms with van der Waals surface area (Å²) in [4.78, 5) is 9.41. The zero-order chi connectivity index (χ0) is 19.8. The summed E-state index contributed by atoms with van der Waals surface area (Å²) in [6.07, 6.45) is 4.68. The van der Waals surface area contributed by atoms with Gasteiger partial charge >= 0.3 is 0 Å². The Hall–Kier alpha value is -0.900. The number of benzene rings is 1. The van der Waals surface area contributed by atoms with Crippen molar-refractivity contribution in [2.75, 3.05) is 60.5 Å². The summed E-state index contributed by atoms with van der Waals surface area (Å²) >= 11 is 0. The normalized spacial score (nSPS) is 20.9. The van der Waals surface area contributed by atoms with Crippen LogP contribution in [0.5, 0.6) is 0 Å². The molecule has 0 radical (unpaired) electrons. The minimum atomic E-state index is 0. The first-order valence-electron chi connectivity index (χ1n) is 10.6. The number of nitrogens with one attached hydrogen (secondary N) is 2. The van der Waals surface area contributed by atoms with E-state index in [1.165, 1.54) is 31.5 Å². The Morgan fingerprint density at radius 1 is 1.14 bits per heavy atom. The minimum absolute atomic E-state index is 0. The Kier molecular flexibility index (Phi) is 10.1. The van der Waals surface area contributed by atoms with Gasteiger partial charge in [0, 0.05) is 38.9 Å². The van der Waals surface area contributed by atoms with Gasteiger partial charge in [-0.15, -0.1) is 24.0 Å². The van der Waals surface area contributed by atoms with E-state index in [9.17, 15) is 0 Å². The van der Waals surface area contributed by atoms with E-state index in [1.807, 2.05) is 7.05 Å². The van der Waals surface area contributed by atoms with E-state index in [0.29, 0.717) is 6.04 Å². The van der Waals surface area contributed by atoms with Crippen molar-refractivity contribution in [2.45, 2.75) is 37.3 Å². The summed E-state index contributed by atoms with van der Waals surface area (Å²) in [5.41, 5.74) is 1.51. The van der Waals surface area contributed by atoms with Gasteiger partial charge in [0.25, 0.3) is 0 Å². The number of aliphatic imine (C=N–C) groups is 1. The van der Waals surface area contributed by atoms with Crippen molar-refractivity contribution in [3.05, 3.63) is 35.9 Å². The van der Waals surface area contributed by atoms with Crippen molar-refractivity contribution in [1.82, 2.24) is 20.4 Å². The molecule has 2 saturated heterocycles. The smallest absolute Gasteiger partial charge is 0.191 e. The standard InChI is InChI=1S/C22H37N5O.HI/c1-23-21(25-18-22(26(2)3)11-15-28-16-12-22)24-17-20(27-13-7-8-14-27)19-9-5-4-6-10-19;/h4-6,9-10,20H,7-8,11-18H2,1-3H3,(H2,23,24,25);1H. The van der Waals surface area contributed by atoms with E-state index in [1.54, 1.807) is 0 Å². The predicted octanol–water partition coefficient (Wildman–Crippen LogP) is 2.72. The maximum absolute atomic E-state index is 5.59. The van der Waals surface area contributed by atoms with Gasteiger partial charge in [0.05, 0.1) is 6.04 Å². The molecule has 0 spiro atoms. The molecule has 0 saturated carbocycles. The molecule has 7 heteroatoms. The first-order chi connectivity index (χ1) is 13.6. The maximum atomic E-state index is 5.59. The first kappa shape index (κ1) is 24.4. The highest BCUT2D eigenvalue weighted by molar-refractivity contribution is 14.0. The summed E-state index contributed by atoms with van der Waals surface area (Å²) in [6.45, 7) is 5.76. The molecule has 2 N–H and O–H groups in total. The van der Waals surface area contributed by atoms with Crippen LogP contribution in [0.3, 0.4) is 0 Å². The molecule has 6 nitrogen and oxygen atoms in total. The number of nitrogens with zero attached hydrogens (tertiary/aromatic N) is 3. The molecular formula is C22H38IN5O. The molecule has 2 aliphatic heterocycles. The predicted molar refractivity (Wildman–Crippen MR) is 131 cm³/mol. The van der Waals surface area contributed by atoms with Gasteiger partial charge in [-0.1, -0.05) is 30.3 Å². The fraction of sp³-hybridized carbons (Fsp3) is 0.682. The van der Waals surface area contributed by atoms with Gasteiger partial charge < -0.3 is 20.3 Å². The van der Waals surface area contributed by atoms with Gasteiger partial charge in [-0.3, -0.25) is 9.89 Å². The van der Waals surface area contributed by atoms with E-state index < -0.39 is 0 Å². The monoisotopic (exact) mass is 515 g/mol. The molecular weight excluding hydrogens is 477 g/mol. The number of guanidine groups is 1. The van der Waals surface area contributed by atoms with Crippen LogP contribution in [0.25, 0.3) is 0 Å². The van der Waals surface area contributed by atoms with Gasteiger partial charge in [0.2, 0.25) is 0 Å². The van der Waals surface area contributed by atoms with E-state index in [4.69, 9.17) is 4.74 Å². The summed E-state index contributed by atoms with van der Waals surface area (Å²) in [6, 6.07) is 11.2. The molecule has 0 bridgehead atoms. The Morgan fingerprint density at radius 2 is 1.79 bits per heavy atom. The van der Waals surface area contributed by atoms with Crippen LogP contribution in [0.1, 0.15) is 37.3 Å². The van der Waals surface area contributed by atoms with Crippen LogP contribution in [-0.4, -0.2) is 81.8 Å². The lowest BCUT2D eigenvalue weighted by Crippen LogP contribution is -2.57. The van der Waals surface area contributed by atoms with E-state index >= 15 is 0 Å². The molecule has 2 aliphatic rings. The second-order valence-electron chi connectivity index (χ2n) is 8.21. The summed E-state index contributed by atoms with van der Waals surface area (Å²) < 4.78 is 5.59. The average Bonchev–Trinajstić information content (AvgIpc) is 3.26. The maximum Gasteiger partial charge on any atom is 0.191 e. The Morgan fingerprint density at radius 3 is 2.38 bits per heavy atom. The first-order valence-corrected chi connectivity index (χ1v) is 10.6. The van der Waals surface area contributed by atoms with Crippen molar-refractivity contribution in [3.63, 3.8) is 0 Å². The van der Waals surface area contributed by atoms with Gasteiger partial charge in [-0.25, -0.2) is 0 Å². The zero-order valence-corrected chi connectivity index (χ0v) is 20.5. The molecule has 2 fully saturated rings. The molecule has 1 atom stereocenters. The topological polar surface area (TPSA) is 52.1 Å². The van der Waals surface area contributed by atoms with Gasteiger partial charge in [0.1, 0.15) is 0 Å². The highest BCUT2D eigenvalue weighted by atomic mass is 127. The highest BCUT2D eigenvalue weighted by Crippen LogP contribution is 2.26. The third-order valence-electron chi connectivity index (χ3n) is 6.41. The van der Waals surface area contributed by atoms with Gasteiger partial charge in [0.15, 0.2) is 5.96 Å². The van der Waals surface area contributed by atoms with Crippen LogP contribution in [0.15, 0.2) is 35.3 Å². The second-order valence-corrected chi connectivity index (χ2v) is 8.21. The zero-order valence-electron chi connectivity index (χ0n) is 18.2. The molecule has 1 aromatic carbocycles. The van der Waals surface area contributed by atoms with Crippen molar-refractivity contribution in [1.29, 1.82) is 0 Å². The van der Waals surface area contributed by atoms with E-state index in [0.717, 1.165) is 45.1 Å². The van der Waals surface area contributed by atoms with Crippen LogP contribution in [0.4, 0.5) is 0 Å². The minimum Gasteiger partial charge on any atom is -0.381 e. The largest absolute Gasteiger partial charge is 0.381 e. The van der Waals surface area contributed by atoms with Crippen molar-refractivity contribution in [3.8, 4) is 0 Å². The van der Waals surface area contributed by atoms with Crippen molar-refractivity contribution in [2.24, 2.45) is 4.99 Å². The SMILES string of the molecule is CN=C(NCC(c1ccccc1)N1CCCC1)NCC1(N(C)C)CCOCC1.I. The molecule has 0 amide bonds. The van der Waals surface area contributed by atoms with Gasteiger partial charge in [-0.05, 0) is 58.4 Å². The number of hydrogen-bond donors (Lipinski definition) is 2. The molecule has 1 unspecified atom stereocenters. The second kappa shape index (κ2) is 12.1. The molecule has 0 aromatic heterocycles. The average molecular weight is 515 g/mol. The van der Waals surface area contributed by atoms with Gasteiger partial charge in [-0.2, -0.15) is 0 Å². The molecule has 0 aliphatic carbocycles. The van der Waals surface area contributed by atoms with Crippen LogP contribution in [0.2, 0.25) is 0 Å². The Balaban J connectivity index is 0.00000300. The Bertz CT molecular complexity index is 613. The fourth-order valence-corrected chi connectivity index (χ4v) is 4.38. The number of rotatable bonds is 7. The lowest BCUT2D eigenvalue weighted by molar-refractivity contribution is -0.00502.